The fourth-order valence-electron chi connectivity index (χ4n) is 8.36. The van der Waals surface area contributed by atoms with E-state index in [1.54, 1.807) is 6.92 Å². The summed E-state index contributed by atoms with van der Waals surface area (Å²) >= 11 is 0. The highest BCUT2D eigenvalue weighted by Gasteiger charge is 2.78. The molecule has 4 aliphatic carbocycles. The average Bonchev–Trinajstić information content (AvgIpc) is 3.23. The summed E-state index contributed by atoms with van der Waals surface area (Å²) in [4.78, 5) is 24.8. The molecule has 4 heteroatoms. The molecule has 0 aromatic carbocycles. The lowest BCUT2D eigenvalue weighted by molar-refractivity contribution is -0.140. The van der Waals surface area contributed by atoms with E-state index in [1.807, 2.05) is 0 Å². The van der Waals surface area contributed by atoms with Crippen LogP contribution >= 0.6 is 0 Å². The van der Waals surface area contributed by atoms with Crippen LogP contribution in [0, 0.1) is 51.8 Å². The molecule has 26 heavy (non-hydrogen) atoms. The molecule has 0 bridgehead atoms. The van der Waals surface area contributed by atoms with Gasteiger partial charge in [0.2, 0.25) is 0 Å². The number of Topliss-reactive ketones (excluding diaryl/α,β-unsaturated/α-hetero) is 2. The first-order valence-electron chi connectivity index (χ1n) is 10.4. The molecule has 0 N–H and O–H groups in total. The van der Waals surface area contributed by atoms with Crippen LogP contribution in [-0.2, 0) is 14.3 Å². The molecule has 1 heterocycles. The predicted molar refractivity (Wildman–Crippen MR) is 94.9 cm³/mol. The topological polar surface area (TPSA) is 70.5 Å². The normalized spacial score (nSPS) is 57.2. The fourth-order valence-corrected chi connectivity index (χ4v) is 8.36. The Bertz CT molecular complexity index is 740. The van der Waals surface area contributed by atoms with Crippen molar-refractivity contribution in [2.24, 2.45) is 40.4 Å². The van der Waals surface area contributed by atoms with E-state index in [9.17, 15) is 14.9 Å². The molecule has 1 aliphatic heterocycles. The van der Waals surface area contributed by atoms with Gasteiger partial charge in [-0.2, -0.15) is 5.26 Å². The number of ether oxygens (including phenoxy) is 1. The number of fused-ring (bicyclic) bond motifs is 4. The number of epoxide rings is 1. The van der Waals surface area contributed by atoms with E-state index >= 15 is 0 Å². The third-order valence-corrected chi connectivity index (χ3v) is 9.64. The van der Waals surface area contributed by atoms with Crippen LogP contribution in [0.3, 0.4) is 0 Å². The van der Waals surface area contributed by atoms with Gasteiger partial charge in [-0.05, 0) is 75.0 Å². The molecule has 140 valence electrons. The lowest BCUT2D eigenvalue weighted by atomic mass is 9.43. The molecular weight excluding hydrogens is 326 g/mol. The molecule has 1 saturated heterocycles. The van der Waals surface area contributed by atoms with E-state index in [-0.39, 0.29) is 34.2 Å². The summed E-state index contributed by atoms with van der Waals surface area (Å²) in [5, 5.41) is 9.52. The number of carbonyl (C=O) groups is 2. The van der Waals surface area contributed by atoms with Gasteiger partial charge in [0, 0.05) is 11.3 Å². The van der Waals surface area contributed by atoms with Crippen LogP contribution in [0.2, 0.25) is 0 Å². The molecule has 0 radical (unpaired) electrons. The van der Waals surface area contributed by atoms with E-state index in [0.717, 1.165) is 38.5 Å². The van der Waals surface area contributed by atoms with Crippen molar-refractivity contribution in [2.45, 2.75) is 77.4 Å². The molecule has 9 atom stereocenters. The molecule has 5 aliphatic rings. The molecule has 0 aromatic rings. The van der Waals surface area contributed by atoms with Gasteiger partial charge in [-0.3, -0.25) is 9.59 Å². The van der Waals surface area contributed by atoms with Gasteiger partial charge in [0.1, 0.15) is 23.4 Å². The number of hydrogen-bond donors (Lipinski definition) is 0. The van der Waals surface area contributed by atoms with Gasteiger partial charge in [-0.15, -0.1) is 0 Å². The van der Waals surface area contributed by atoms with Crippen LogP contribution in [0.25, 0.3) is 0 Å². The van der Waals surface area contributed by atoms with Crippen LogP contribution in [0.15, 0.2) is 0 Å². The summed E-state index contributed by atoms with van der Waals surface area (Å²) in [6.07, 6.45) is 6.83. The predicted octanol–water partition coefficient (Wildman–Crippen LogP) is 3.68. The lowest BCUT2D eigenvalue weighted by Gasteiger charge is -2.59. The monoisotopic (exact) mass is 355 g/mol. The fraction of sp³-hybridized carbons (Fsp3) is 0.864. The minimum atomic E-state index is -0.499. The highest BCUT2D eigenvalue weighted by Crippen LogP contribution is 2.73. The Morgan fingerprint density at radius 3 is 2.62 bits per heavy atom. The zero-order valence-electron chi connectivity index (χ0n) is 16.1. The summed E-state index contributed by atoms with van der Waals surface area (Å²) < 4.78 is 6.11. The molecule has 5 fully saturated rings. The van der Waals surface area contributed by atoms with Crippen molar-refractivity contribution in [2.75, 3.05) is 0 Å². The first-order chi connectivity index (χ1) is 12.3. The van der Waals surface area contributed by atoms with Gasteiger partial charge in [0.05, 0.1) is 6.07 Å². The number of nitriles is 1. The van der Waals surface area contributed by atoms with Crippen molar-refractivity contribution >= 4 is 11.6 Å². The molecule has 0 unspecified atom stereocenters. The molecule has 0 aromatic heterocycles. The maximum Gasteiger partial charge on any atom is 0.181 e. The van der Waals surface area contributed by atoms with Gasteiger partial charge in [-0.1, -0.05) is 13.8 Å². The first kappa shape index (κ1) is 16.9. The summed E-state index contributed by atoms with van der Waals surface area (Å²) in [5.74, 6) is 1.87. The highest BCUT2D eigenvalue weighted by molar-refractivity contribution is 5.92. The lowest BCUT2D eigenvalue weighted by Crippen LogP contribution is -2.59. The Hall–Kier alpha value is -1.21. The molecular formula is C22H29NO3. The molecule has 0 amide bonds. The Kier molecular flexibility index (Phi) is 3.24. The van der Waals surface area contributed by atoms with Gasteiger partial charge in [0.25, 0.3) is 0 Å². The molecule has 5 rings (SSSR count). The molecule has 1 spiro atoms. The third-order valence-electron chi connectivity index (χ3n) is 9.64. The Balaban J connectivity index is 1.50. The number of hydrogen-bond acceptors (Lipinski definition) is 4. The van der Waals surface area contributed by atoms with Crippen LogP contribution in [0.4, 0.5) is 0 Å². The van der Waals surface area contributed by atoms with Crippen molar-refractivity contribution in [3.05, 3.63) is 0 Å². The average molecular weight is 355 g/mol. The van der Waals surface area contributed by atoms with Crippen molar-refractivity contribution in [1.82, 2.24) is 0 Å². The number of carbonyl (C=O) groups excluding carboxylic acids is 2. The summed E-state index contributed by atoms with van der Waals surface area (Å²) in [7, 11) is 0. The van der Waals surface area contributed by atoms with E-state index in [1.165, 1.54) is 0 Å². The highest BCUT2D eigenvalue weighted by atomic mass is 16.6. The van der Waals surface area contributed by atoms with Crippen LogP contribution in [0.1, 0.15) is 65.7 Å². The number of ketones is 2. The second-order valence-corrected chi connectivity index (χ2v) is 10.3. The van der Waals surface area contributed by atoms with Crippen molar-refractivity contribution < 1.29 is 14.3 Å². The Labute approximate surface area is 155 Å². The summed E-state index contributed by atoms with van der Waals surface area (Å²) in [6.45, 7) is 6.44. The zero-order chi connectivity index (χ0) is 18.5. The Morgan fingerprint density at radius 2 is 1.92 bits per heavy atom. The van der Waals surface area contributed by atoms with E-state index in [0.29, 0.717) is 30.0 Å². The third kappa shape index (κ3) is 1.74. The second-order valence-electron chi connectivity index (χ2n) is 10.3. The first-order valence-corrected chi connectivity index (χ1v) is 10.4. The zero-order valence-corrected chi connectivity index (χ0v) is 16.1. The standard InChI is InChI=1S/C22H29NO3/c1-12(24)15-4-5-16-14-6-9-22-19(26-22)18(25)13(11-23)10-21(22,3)17(14)7-8-20(15,16)2/h13-17,19H,4-10H2,1-3H3/t13-,14-,15+,16-,17-,19+,20+,21+,22+/m0/s1. The van der Waals surface area contributed by atoms with Gasteiger partial charge in [-0.25, -0.2) is 0 Å². The van der Waals surface area contributed by atoms with Crippen molar-refractivity contribution in [1.29, 1.82) is 5.26 Å². The van der Waals surface area contributed by atoms with E-state index in [4.69, 9.17) is 4.74 Å². The maximum absolute atomic E-state index is 12.5. The summed E-state index contributed by atoms with van der Waals surface area (Å²) in [6, 6.07) is 2.26. The van der Waals surface area contributed by atoms with Crippen LogP contribution in [0.5, 0.6) is 0 Å². The van der Waals surface area contributed by atoms with Gasteiger partial charge in [0.15, 0.2) is 5.78 Å². The van der Waals surface area contributed by atoms with Crippen molar-refractivity contribution in [3.8, 4) is 6.07 Å². The van der Waals surface area contributed by atoms with Crippen LogP contribution in [-0.4, -0.2) is 23.3 Å². The largest absolute Gasteiger partial charge is 0.357 e. The Morgan fingerprint density at radius 1 is 1.15 bits per heavy atom. The quantitative estimate of drug-likeness (QED) is 0.673. The summed E-state index contributed by atoms with van der Waals surface area (Å²) in [5.41, 5.74) is -0.202. The minimum absolute atomic E-state index is 0.0292. The van der Waals surface area contributed by atoms with Gasteiger partial charge >= 0.3 is 0 Å². The molecule has 4 nitrogen and oxygen atoms in total. The maximum atomic E-state index is 12.5. The number of rotatable bonds is 1. The molecule has 4 saturated carbocycles. The minimum Gasteiger partial charge on any atom is -0.357 e. The van der Waals surface area contributed by atoms with E-state index < -0.39 is 5.92 Å². The van der Waals surface area contributed by atoms with E-state index in [2.05, 4.69) is 19.9 Å². The smallest absolute Gasteiger partial charge is 0.181 e. The second kappa shape index (κ2) is 4.98. The van der Waals surface area contributed by atoms with Crippen LogP contribution < -0.4 is 0 Å². The SMILES string of the molecule is CC(=O)[C@H]1CC[C@H]2[C@@H]3CC[C@@]45O[C@@H]4C(=O)[C@H](C#N)C[C@]5(C)[C@H]3CC[C@]12C. The number of nitrogens with zero attached hydrogens (tertiary/aromatic N) is 1. The van der Waals surface area contributed by atoms with Crippen molar-refractivity contribution in [3.63, 3.8) is 0 Å². The van der Waals surface area contributed by atoms with Gasteiger partial charge < -0.3 is 4.74 Å².